The van der Waals surface area contributed by atoms with Crippen LogP contribution in [0.2, 0.25) is 0 Å². The molecule has 1 unspecified atom stereocenters. The molecule has 23 heavy (non-hydrogen) atoms. The summed E-state index contributed by atoms with van der Waals surface area (Å²) >= 11 is 0. The summed E-state index contributed by atoms with van der Waals surface area (Å²) < 4.78 is 37.8. The maximum absolute atomic E-state index is 12.6. The fourth-order valence-corrected chi connectivity index (χ4v) is 2.96. The fraction of sp³-hybridized carbons (Fsp3) is 0.625. The number of pyridine rings is 1. The van der Waals surface area contributed by atoms with Crippen molar-refractivity contribution in [2.45, 2.75) is 32.9 Å². The molecule has 128 valence electrons. The van der Waals surface area contributed by atoms with E-state index in [0.717, 1.165) is 29.2 Å². The van der Waals surface area contributed by atoms with E-state index in [-0.39, 0.29) is 12.5 Å². The molecule has 4 nitrogen and oxygen atoms in total. The number of nitrogens with zero attached hydrogens (tertiary/aromatic N) is 3. The molecule has 0 radical (unpaired) electrons. The van der Waals surface area contributed by atoms with Crippen LogP contribution in [-0.2, 0) is 4.79 Å². The van der Waals surface area contributed by atoms with E-state index in [4.69, 9.17) is 0 Å². The molecule has 1 aromatic rings. The van der Waals surface area contributed by atoms with Crippen molar-refractivity contribution in [3.63, 3.8) is 0 Å². The van der Waals surface area contributed by atoms with E-state index in [9.17, 15) is 18.0 Å². The van der Waals surface area contributed by atoms with Crippen molar-refractivity contribution in [1.82, 2.24) is 9.88 Å². The van der Waals surface area contributed by atoms with Gasteiger partial charge in [-0.3, -0.25) is 9.78 Å². The number of alkyl halides is 3. The molecule has 1 aliphatic rings. The molecular weight excluding hydrogens is 307 g/mol. The standard InChI is InChI=1S/C16H22F3N3O/c1-3-21(11-16(17,18)19)15(23)13-5-4-8-22(10-13)14-6-7-20-12(2)9-14/h6-7,9,13H,3-5,8,10-11H2,1-2H3. The van der Waals surface area contributed by atoms with Crippen LogP contribution in [0.3, 0.4) is 0 Å². The maximum Gasteiger partial charge on any atom is 0.406 e. The molecule has 0 spiro atoms. The average Bonchev–Trinajstić information content (AvgIpc) is 2.51. The molecule has 2 heterocycles. The lowest BCUT2D eigenvalue weighted by Gasteiger charge is -2.36. The van der Waals surface area contributed by atoms with Crippen molar-refractivity contribution in [3.8, 4) is 0 Å². The summed E-state index contributed by atoms with van der Waals surface area (Å²) in [5.41, 5.74) is 1.84. The Kier molecular flexibility index (Phi) is 5.49. The lowest BCUT2D eigenvalue weighted by molar-refractivity contribution is -0.163. The third-order valence-corrected chi connectivity index (χ3v) is 4.08. The van der Waals surface area contributed by atoms with Gasteiger partial charge in [-0.15, -0.1) is 0 Å². The number of carbonyl (C=O) groups excluding carboxylic acids is 1. The number of aryl methyl sites for hydroxylation is 1. The topological polar surface area (TPSA) is 36.4 Å². The van der Waals surface area contributed by atoms with E-state index in [2.05, 4.69) is 9.88 Å². The largest absolute Gasteiger partial charge is 0.406 e. The zero-order valence-electron chi connectivity index (χ0n) is 13.4. The lowest BCUT2D eigenvalue weighted by Crippen LogP contribution is -2.47. The van der Waals surface area contributed by atoms with Gasteiger partial charge in [0.1, 0.15) is 6.54 Å². The van der Waals surface area contributed by atoms with Crippen LogP contribution in [-0.4, -0.2) is 48.1 Å². The number of anilines is 1. The Morgan fingerprint density at radius 2 is 2.22 bits per heavy atom. The first kappa shape index (κ1) is 17.6. The van der Waals surface area contributed by atoms with Crippen molar-refractivity contribution < 1.29 is 18.0 Å². The highest BCUT2D eigenvalue weighted by atomic mass is 19.4. The van der Waals surface area contributed by atoms with Crippen LogP contribution in [0.15, 0.2) is 18.3 Å². The van der Waals surface area contributed by atoms with Gasteiger partial charge in [0.2, 0.25) is 5.91 Å². The van der Waals surface area contributed by atoms with E-state index in [1.54, 1.807) is 13.1 Å². The van der Waals surface area contributed by atoms with Gasteiger partial charge in [-0.2, -0.15) is 13.2 Å². The Labute approximate surface area is 134 Å². The van der Waals surface area contributed by atoms with Gasteiger partial charge in [0.25, 0.3) is 0 Å². The third-order valence-electron chi connectivity index (χ3n) is 4.08. The molecule has 1 fully saturated rings. The summed E-state index contributed by atoms with van der Waals surface area (Å²) in [7, 11) is 0. The van der Waals surface area contributed by atoms with Gasteiger partial charge in [0.15, 0.2) is 0 Å². The van der Waals surface area contributed by atoms with Crippen molar-refractivity contribution >= 4 is 11.6 Å². The van der Waals surface area contributed by atoms with E-state index < -0.39 is 18.6 Å². The average molecular weight is 329 g/mol. The van der Waals surface area contributed by atoms with Crippen LogP contribution in [0.25, 0.3) is 0 Å². The predicted molar refractivity (Wildman–Crippen MR) is 82.2 cm³/mol. The number of hydrogen-bond donors (Lipinski definition) is 0. The number of amides is 1. The van der Waals surface area contributed by atoms with Crippen LogP contribution < -0.4 is 4.90 Å². The number of halogens is 3. The second-order valence-corrected chi connectivity index (χ2v) is 5.91. The monoisotopic (exact) mass is 329 g/mol. The third kappa shape index (κ3) is 4.84. The Bertz CT molecular complexity index is 548. The smallest absolute Gasteiger partial charge is 0.371 e. The first-order valence-corrected chi connectivity index (χ1v) is 7.83. The first-order valence-electron chi connectivity index (χ1n) is 7.83. The minimum atomic E-state index is -4.36. The summed E-state index contributed by atoms with van der Waals surface area (Å²) in [4.78, 5) is 19.5. The molecule has 1 saturated heterocycles. The van der Waals surface area contributed by atoms with Crippen molar-refractivity contribution in [2.24, 2.45) is 5.92 Å². The molecule has 2 rings (SSSR count). The van der Waals surface area contributed by atoms with E-state index in [0.29, 0.717) is 13.0 Å². The van der Waals surface area contributed by atoms with E-state index in [1.807, 2.05) is 19.1 Å². The number of hydrogen-bond acceptors (Lipinski definition) is 3. The van der Waals surface area contributed by atoms with Gasteiger partial charge in [-0.25, -0.2) is 0 Å². The Morgan fingerprint density at radius 1 is 1.48 bits per heavy atom. The minimum absolute atomic E-state index is 0.0726. The molecular formula is C16H22F3N3O. The quantitative estimate of drug-likeness (QED) is 0.852. The Morgan fingerprint density at radius 3 is 2.83 bits per heavy atom. The Balaban J connectivity index is 2.06. The highest BCUT2D eigenvalue weighted by molar-refractivity contribution is 5.80. The summed E-state index contributed by atoms with van der Waals surface area (Å²) in [6, 6.07) is 3.80. The molecule has 7 heteroatoms. The lowest BCUT2D eigenvalue weighted by atomic mass is 9.96. The fourth-order valence-electron chi connectivity index (χ4n) is 2.96. The second kappa shape index (κ2) is 7.19. The molecule has 0 bridgehead atoms. The van der Waals surface area contributed by atoms with Gasteiger partial charge in [-0.05, 0) is 38.8 Å². The highest BCUT2D eigenvalue weighted by Gasteiger charge is 2.36. The molecule has 0 N–H and O–H groups in total. The van der Waals surface area contributed by atoms with E-state index >= 15 is 0 Å². The molecule has 1 amide bonds. The number of aromatic nitrogens is 1. The van der Waals surface area contributed by atoms with Crippen molar-refractivity contribution in [1.29, 1.82) is 0 Å². The number of piperidine rings is 1. The van der Waals surface area contributed by atoms with Crippen molar-refractivity contribution in [2.75, 3.05) is 31.1 Å². The molecule has 0 aromatic carbocycles. The number of rotatable bonds is 4. The van der Waals surface area contributed by atoms with Crippen LogP contribution in [0, 0.1) is 12.8 Å². The normalized spacial score (nSPS) is 18.8. The van der Waals surface area contributed by atoms with Crippen LogP contribution in [0.5, 0.6) is 0 Å². The predicted octanol–water partition coefficient (Wildman–Crippen LogP) is 3.02. The molecule has 0 saturated carbocycles. The van der Waals surface area contributed by atoms with Gasteiger partial charge >= 0.3 is 6.18 Å². The molecule has 0 aliphatic carbocycles. The molecule has 1 aliphatic heterocycles. The zero-order valence-corrected chi connectivity index (χ0v) is 13.4. The van der Waals surface area contributed by atoms with Crippen LogP contribution in [0.4, 0.5) is 18.9 Å². The van der Waals surface area contributed by atoms with Crippen LogP contribution >= 0.6 is 0 Å². The Hall–Kier alpha value is -1.79. The summed E-state index contributed by atoms with van der Waals surface area (Å²) in [5, 5.41) is 0. The van der Waals surface area contributed by atoms with Gasteiger partial charge in [0.05, 0.1) is 5.92 Å². The number of carbonyl (C=O) groups is 1. The van der Waals surface area contributed by atoms with Gasteiger partial charge < -0.3 is 9.80 Å². The summed E-state index contributed by atoms with van der Waals surface area (Å²) in [6.07, 6.45) is -1.23. The van der Waals surface area contributed by atoms with Gasteiger partial charge in [-0.1, -0.05) is 0 Å². The molecule has 1 aromatic heterocycles. The van der Waals surface area contributed by atoms with Crippen LogP contribution in [0.1, 0.15) is 25.5 Å². The summed E-state index contributed by atoms with van der Waals surface area (Å²) in [5.74, 6) is -0.792. The van der Waals surface area contributed by atoms with E-state index in [1.165, 1.54) is 0 Å². The first-order chi connectivity index (χ1) is 10.8. The highest BCUT2D eigenvalue weighted by Crippen LogP contribution is 2.26. The summed E-state index contributed by atoms with van der Waals surface area (Å²) in [6.45, 7) is 3.63. The zero-order chi connectivity index (χ0) is 17.0. The molecule has 1 atom stereocenters. The maximum atomic E-state index is 12.6. The SMILES string of the molecule is CCN(CC(F)(F)F)C(=O)C1CCCN(c2ccnc(C)c2)C1. The van der Waals surface area contributed by atoms with Crippen molar-refractivity contribution in [3.05, 3.63) is 24.0 Å². The van der Waals surface area contributed by atoms with Gasteiger partial charge in [0, 0.05) is 37.2 Å². The minimum Gasteiger partial charge on any atom is -0.371 e. The second-order valence-electron chi connectivity index (χ2n) is 5.91.